The van der Waals surface area contributed by atoms with Crippen molar-refractivity contribution in [2.75, 3.05) is 0 Å². The van der Waals surface area contributed by atoms with E-state index in [-0.39, 0.29) is 0 Å². The fourth-order valence-electron chi connectivity index (χ4n) is 10.7. The van der Waals surface area contributed by atoms with E-state index in [0.29, 0.717) is 11.8 Å². The highest BCUT2D eigenvalue weighted by Crippen LogP contribution is 2.51. The zero-order chi connectivity index (χ0) is 40.2. The number of hydrogen-bond acceptors (Lipinski definition) is 2. The van der Waals surface area contributed by atoms with Crippen LogP contribution in [-0.2, 0) is 6.42 Å². The smallest absolute Gasteiger partial charge is 0.159 e. The molecule has 0 saturated carbocycles. The second-order valence-electron chi connectivity index (χ2n) is 16.7. The molecule has 1 aliphatic rings. The van der Waals surface area contributed by atoms with E-state index in [1.165, 1.54) is 44.2 Å². The van der Waals surface area contributed by atoms with Gasteiger partial charge in [-0.2, -0.15) is 0 Å². The molecule has 9 aromatic carbocycles. The van der Waals surface area contributed by atoms with E-state index in [9.17, 15) is 0 Å². The molecule has 2 unspecified atom stereocenters. The van der Waals surface area contributed by atoms with E-state index in [1.807, 2.05) is 0 Å². The van der Waals surface area contributed by atoms with Crippen molar-refractivity contribution in [3.8, 4) is 39.1 Å². The Morgan fingerprint density at radius 3 is 1.85 bits per heavy atom. The molecule has 0 fully saturated rings. The Kier molecular flexibility index (Phi) is 7.41. The van der Waals surface area contributed by atoms with E-state index >= 15 is 0 Å². The lowest BCUT2D eigenvalue weighted by molar-refractivity contribution is 0.561. The Morgan fingerprint density at radius 2 is 1.05 bits per heavy atom. The molecule has 2 atom stereocenters. The van der Waals surface area contributed by atoms with Gasteiger partial charge >= 0.3 is 0 Å². The van der Waals surface area contributed by atoms with Crippen molar-refractivity contribution < 1.29 is 8.83 Å². The zero-order valence-electron chi connectivity index (χ0n) is 33.6. The molecule has 0 bridgehead atoms. The summed E-state index contributed by atoms with van der Waals surface area (Å²) in [6.07, 6.45) is 0.865. The van der Waals surface area contributed by atoms with E-state index < -0.39 is 0 Å². The van der Waals surface area contributed by atoms with Crippen LogP contribution in [0.1, 0.15) is 35.4 Å². The van der Waals surface area contributed by atoms with Crippen molar-refractivity contribution in [2.45, 2.75) is 25.2 Å². The molecular formula is C58H39NO2. The molecule has 1 aliphatic carbocycles. The van der Waals surface area contributed by atoms with Gasteiger partial charge in [-0.05, 0) is 93.1 Å². The molecule has 3 nitrogen and oxygen atoms in total. The van der Waals surface area contributed by atoms with Crippen LogP contribution in [0.4, 0.5) is 0 Å². The lowest BCUT2D eigenvalue weighted by Gasteiger charge is -2.33. The van der Waals surface area contributed by atoms with Gasteiger partial charge in [-0.15, -0.1) is 0 Å². The van der Waals surface area contributed by atoms with E-state index in [4.69, 9.17) is 8.83 Å². The molecule has 0 amide bonds. The molecule has 61 heavy (non-hydrogen) atoms. The van der Waals surface area contributed by atoms with Gasteiger partial charge in [-0.1, -0.05) is 171 Å². The van der Waals surface area contributed by atoms with Crippen molar-refractivity contribution in [1.29, 1.82) is 0 Å². The number of nitrogens with zero attached hydrogens (tertiary/aromatic N) is 1. The van der Waals surface area contributed by atoms with Crippen LogP contribution in [0.2, 0.25) is 0 Å². The fourth-order valence-corrected chi connectivity index (χ4v) is 10.7. The van der Waals surface area contributed by atoms with Crippen molar-refractivity contribution in [2.24, 2.45) is 0 Å². The molecule has 12 aromatic rings. The largest absolute Gasteiger partial charge is 0.456 e. The SMILES string of the molecule is CC1c2ccccc2-c2ccccc2C1Cc1cccc2c1oc1cc3c(oc4c(-n5c6ccccc6c6ccccc65)cccc43)c(-c3cccc(-c4ccccc4)c3)c12. The van der Waals surface area contributed by atoms with Crippen LogP contribution in [0, 0.1) is 0 Å². The number of aromatic nitrogens is 1. The van der Waals surface area contributed by atoms with Gasteiger partial charge in [0.1, 0.15) is 16.7 Å². The second-order valence-corrected chi connectivity index (χ2v) is 16.7. The summed E-state index contributed by atoms with van der Waals surface area (Å²) in [4.78, 5) is 0. The lowest BCUT2D eigenvalue weighted by Crippen LogP contribution is -2.17. The van der Waals surface area contributed by atoms with Crippen LogP contribution in [0.15, 0.2) is 203 Å². The van der Waals surface area contributed by atoms with Gasteiger partial charge in [-0.3, -0.25) is 0 Å². The minimum absolute atomic E-state index is 0.298. The Morgan fingerprint density at radius 1 is 0.443 bits per heavy atom. The Labute approximate surface area is 352 Å². The number of benzene rings is 9. The van der Waals surface area contributed by atoms with Crippen molar-refractivity contribution in [1.82, 2.24) is 4.57 Å². The van der Waals surface area contributed by atoms with Gasteiger partial charge in [0.05, 0.1) is 16.7 Å². The van der Waals surface area contributed by atoms with E-state index in [1.54, 1.807) is 0 Å². The van der Waals surface area contributed by atoms with Crippen LogP contribution in [-0.4, -0.2) is 4.57 Å². The van der Waals surface area contributed by atoms with Gasteiger partial charge < -0.3 is 13.4 Å². The minimum Gasteiger partial charge on any atom is -0.456 e. The first-order valence-electron chi connectivity index (χ1n) is 21.3. The third-order valence-corrected chi connectivity index (χ3v) is 13.5. The number of furan rings is 2. The summed E-state index contributed by atoms with van der Waals surface area (Å²) in [6, 6.07) is 70.3. The average molecular weight is 782 g/mol. The van der Waals surface area contributed by atoms with Crippen LogP contribution in [0.5, 0.6) is 0 Å². The summed E-state index contributed by atoms with van der Waals surface area (Å²) >= 11 is 0. The van der Waals surface area contributed by atoms with Crippen molar-refractivity contribution >= 4 is 65.7 Å². The monoisotopic (exact) mass is 781 g/mol. The highest BCUT2D eigenvalue weighted by atomic mass is 16.3. The zero-order valence-corrected chi connectivity index (χ0v) is 33.6. The Hall–Kier alpha value is -7.62. The molecule has 0 spiro atoms. The van der Waals surface area contributed by atoms with Gasteiger partial charge in [0, 0.05) is 37.9 Å². The Bertz CT molecular complexity index is 3660. The molecule has 0 saturated heterocycles. The maximum absolute atomic E-state index is 7.34. The van der Waals surface area contributed by atoms with Crippen LogP contribution in [0.3, 0.4) is 0 Å². The van der Waals surface area contributed by atoms with Crippen LogP contribution >= 0.6 is 0 Å². The second kappa shape index (κ2) is 13.2. The highest BCUT2D eigenvalue weighted by Gasteiger charge is 2.32. The van der Waals surface area contributed by atoms with Crippen LogP contribution in [0.25, 0.3) is 105 Å². The van der Waals surface area contributed by atoms with Gasteiger partial charge in [0.25, 0.3) is 0 Å². The Balaban J connectivity index is 1.07. The van der Waals surface area contributed by atoms with E-state index in [0.717, 1.165) is 83.7 Å². The highest BCUT2D eigenvalue weighted by molar-refractivity contribution is 6.24. The molecule has 3 aromatic heterocycles. The minimum atomic E-state index is 0.298. The molecule has 3 heterocycles. The summed E-state index contributed by atoms with van der Waals surface area (Å²) in [6.45, 7) is 2.39. The third-order valence-electron chi connectivity index (χ3n) is 13.5. The van der Waals surface area contributed by atoms with Gasteiger partial charge in [0.15, 0.2) is 5.58 Å². The van der Waals surface area contributed by atoms with Crippen molar-refractivity contribution in [3.63, 3.8) is 0 Å². The summed E-state index contributed by atoms with van der Waals surface area (Å²) in [7, 11) is 0. The summed E-state index contributed by atoms with van der Waals surface area (Å²) in [5.74, 6) is 0.644. The molecule has 0 aliphatic heterocycles. The van der Waals surface area contributed by atoms with Crippen molar-refractivity contribution in [3.05, 3.63) is 211 Å². The topological polar surface area (TPSA) is 31.2 Å². The summed E-state index contributed by atoms with van der Waals surface area (Å²) in [5, 5.41) is 6.73. The first-order chi connectivity index (χ1) is 30.2. The normalized spacial score (nSPS) is 15.0. The maximum atomic E-state index is 7.34. The summed E-state index contributed by atoms with van der Waals surface area (Å²) in [5.41, 5.74) is 18.0. The van der Waals surface area contributed by atoms with Crippen LogP contribution < -0.4 is 0 Å². The van der Waals surface area contributed by atoms with E-state index in [2.05, 4.69) is 206 Å². The lowest BCUT2D eigenvalue weighted by atomic mass is 9.70. The standard InChI is InChI=1S/C58H39NO2/c1-35-40-21-5-6-22-41(40)42-23-7-8-24-43(42)48(35)33-39-20-14-28-47-55-53(60-56(39)47)34-49-46-27-15-31-52(59-50-29-11-9-25-44(50)45-26-10-12-30-51(45)59)57(46)61-58(49)54(55)38-19-13-18-37(32-38)36-16-3-2-4-17-36/h2-32,34-35,48H,33H2,1H3. The number of fused-ring (bicyclic) bond motifs is 12. The number of para-hydroxylation sites is 4. The quantitative estimate of drug-likeness (QED) is 0.174. The number of rotatable bonds is 5. The first kappa shape index (κ1) is 34.3. The predicted octanol–water partition coefficient (Wildman–Crippen LogP) is 16.0. The molecule has 0 N–H and O–H groups in total. The maximum Gasteiger partial charge on any atom is 0.159 e. The molecule has 13 rings (SSSR count). The molecule has 0 radical (unpaired) electrons. The number of hydrogen-bond donors (Lipinski definition) is 0. The van der Waals surface area contributed by atoms with Gasteiger partial charge in [0.2, 0.25) is 0 Å². The predicted molar refractivity (Wildman–Crippen MR) is 253 cm³/mol. The third kappa shape index (κ3) is 5.04. The summed E-state index contributed by atoms with van der Waals surface area (Å²) < 4.78 is 16.9. The average Bonchev–Trinajstić information content (AvgIpc) is 4.00. The molecule has 3 heteroatoms. The first-order valence-corrected chi connectivity index (χ1v) is 21.3. The molecule has 288 valence electrons. The fraction of sp³-hybridized carbons (Fsp3) is 0.0690. The van der Waals surface area contributed by atoms with Gasteiger partial charge in [-0.25, -0.2) is 0 Å². The molecular weight excluding hydrogens is 743 g/mol.